The minimum atomic E-state index is -0.372. The molecule has 1 rings (SSSR count). The van der Waals surface area contributed by atoms with Gasteiger partial charge in [-0.15, -0.1) is 0 Å². The van der Waals surface area contributed by atoms with Gasteiger partial charge in [0, 0.05) is 24.5 Å². The van der Waals surface area contributed by atoms with Crippen molar-refractivity contribution in [1.82, 2.24) is 4.90 Å². The molecule has 0 aromatic heterocycles. The van der Waals surface area contributed by atoms with Crippen molar-refractivity contribution in [2.75, 3.05) is 18.9 Å². The first-order valence-electron chi connectivity index (χ1n) is 5.72. The Kier molecular flexibility index (Phi) is 6.19. The number of alkyl halides is 1. The van der Waals surface area contributed by atoms with Gasteiger partial charge in [-0.05, 0) is 31.0 Å². The van der Waals surface area contributed by atoms with Gasteiger partial charge in [0.05, 0.1) is 0 Å². The third kappa shape index (κ3) is 4.86. The normalized spacial score (nSPS) is 10.3. The van der Waals surface area contributed by atoms with Gasteiger partial charge < -0.3 is 4.90 Å². The van der Waals surface area contributed by atoms with E-state index in [-0.39, 0.29) is 11.7 Å². The van der Waals surface area contributed by atoms with Gasteiger partial charge >= 0.3 is 0 Å². The fourth-order valence-electron chi connectivity index (χ4n) is 1.56. The number of hydrogen-bond donors (Lipinski definition) is 0. The van der Waals surface area contributed by atoms with Gasteiger partial charge in [-0.2, -0.15) is 0 Å². The van der Waals surface area contributed by atoms with Crippen molar-refractivity contribution < 1.29 is 9.18 Å². The van der Waals surface area contributed by atoms with E-state index in [1.54, 1.807) is 24.1 Å². The summed E-state index contributed by atoms with van der Waals surface area (Å²) in [5, 5.41) is 0.995. The molecule has 0 fully saturated rings. The summed E-state index contributed by atoms with van der Waals surface area (Å²) in [6, 6.07) is 5.81. The molecule has 94 valence electrons. The molecule has 0 spiro atoms. The van der Waals surface area contributed by atoms with Crippen LogP contribution in [0.1, 0.15) is 29.6 Å². The summed E-state index contributed by atoms with van der Waals surface area (Å²) < 4.78 is 13.0. The highest BCUT2D eigenvalue weighted by atomic mass is 79.9. The number of nitrogens with zero attached hydrogens (tertiary/aromatic N) is 1. The molecule has 0 aliphatic heterocycles. The zero-order valence-electron chi connectivity index (χ0n) is 9.96. The Balaban J connectivity index is 2.46. The summed E-state index contributed by atoms with van der Waals surface area (Å²) in [4.78, 5) is 13.6. The lowest BCUT2D eigenvalue weighted by Crippen LogP contribution is -2.27. The lowest BCUT2D eigenvalue weighted by atomic mass is 10.2. The first-order chi connectivity index (χ1) is 8.15. The number of rotatable bonds is 6. The van der Waals surface area contributed by atoms with Crippen LogP contribution in [0.25, 0.3) is 0 Å². The highest BCUT2D eigenvalue weighted by Crippen LogP contribution is 2.08. The summed E-state index contributed by atoms with van der Waals surface area (Å²) >= 11 is 3.37. The number of amides is 1. The van der Waals surface area contributed by atoms with Gasteiger partial charge in [-0.1, -0.05) is 28.4 Å². The van der Waals surface area contributed by atoms with Crippen LogP contribution in [0.5, 0.6) is 0 Å². The van der Waals surface area contributed by atoms with Crippen LogP contribution >= 0.6 is 15.9 Å². The second kappa shape index (κ2) is 7.43. The molecule has 0 saturated heterocycles. The molecular formula is C13H17BrFNO. The minimum Gasteiger partial charge on any atom is -0.342 e. The molecule has 1 amide bonds. The van der Waals surface area contributed by atoms with Crippen molar-refractivity contribution in [2.24, 2.45) is 0 Å². The third-order valence-electron chi connectivity index (χ3n) is 2.55. The van der Waals surface area contributed by atoms with Crippen LogP contribution in [0.4, 0.5) is 4.39 Å². The SMILES string of the molecule is CN(CCCCCBr)C(=O)c1cccc(F)c1. The lowest BCUT2D eigenvalue weighted by molar-refractivity contribution is 0.0792. The van der Waals surface area contributed by atoms with Crippen molar-refractivity contribution in [3.05, 3.63) is 35.6 Å². The summed E-state index contributed by atoms with van der Waals surface area (Å²) in [7, 11) is 1.75. The fourth-order valence-corrected chi connectivity index (χ4v) is 1.96. The van der Waals surface area contributed by atoms with Crippen LogP contribution in [0.2, 0.25) is 0 Å². The molecule has 0 heterocycles. The van der Waals surface area contributed by atoms with E-state index >= 15 is 0 Å². The molecule has 17 heavy (non-hydrogen) atoms. The average molecular weight is 302 g/mol. The summed E-state index contributed by atoms with van der Waals surface area (Å²) in [6.07, 6.45) is 3.18. The molecule has 0 bridgehead atoms. The molecule has 0 aliphatic carbocycles. The molecule has 0 unspecified atom stereocenters. The molecule has 1 aromatic rings. The van der Waals surface area contributed by atoms with E-state index in [4.69, 9.17) is 0 Å². The maximum atomic E-state index is 13.0. The maximum Gasteiger partial charge on any atom is 0.253 e. The summed E-state index contributed by atoms with van der Waals surface area (Å²) in [5.74, 6) is -0.494. The highest BCUT2D eigenvalue weighted by Gasteiger charge is 2.11. The molecule has 0 radical (unpaired) electrons. The Morgan fingerprint density at radius 3 is 2.76 bits per heavy atom. The predicted octanol–water partition coefficient (Wildman–Crippen LogP) is 3.46. The van der Waals surface area contributed by atoms with Crippen molar-refractivity contribution in [3.63, 3.8) is 0 Å². The first kappa shape index (κ1) is 14.2. The van der Waals surface area contributed by atoms with E-state index in [0.29, 0.717) is 12.1 Å². The Bertz CT molecular complexity index is 370. The zero-order valence-corrected chi connectivity index (χ0v) is 11.5. The molecule has 0 N–H and O–H groups in total. The van der Waals surface area contributed by atoms with Crippen LogP contribution in [-0.2, 0) is 0 Å². The second-order valence-electron chi connectivity index (χ2n) is 3.99. The van der Waals surface area contributed by atoms with Gasteiger partial charge in [0.25, 0.3) is 5.91 Å². The quantitative estimate of drug-likeness (QED) is 0.582. The molecule has 0 aliphatic rings. The first-order valence-corrected chi connectivity index (χ1v) is 6.84. The molecule has 4 heteroatoms. The van der Waals surface area contributed by atoms with Gasteiger partial charge in [0.15, 0.2) is 0 Å². The van der Waals surface area contributed by atoms with Crippen molar-refractivity contribution >= 4 is 21.8 Å². The Morgan fingerprint density at radius 2 is 2.12 bits per heavy atom. The van der Waals surface area contributed by atoms with E-state index in [1.807, 2.05) is 0 Å². The molecule has 1 aromatic carbocycles. The third-order valence-corrected chi connectivity index (χ3v) is 3.11. The Hall–Kier alpha value is -0.900. The largest absolute Gasteiger partial charge is 0.342 e. The van der Waals surface area contributed by atoms with Crippen LogP contribution < -0.4 is 0 Å². The fraction of sp³-hybridized carbons (Fsp3) is 0.462. The average Bonchev–Trinajstić information content (AvgIpc) is 2.33. The number of unbranched alkanes of at least 4 members (excludes halogenated alkanes) is 2. The minimum absolute atomic E-state index is 0.122. The monoisotopic (exact) mass is 301 g/mol. The van der Waals surface area contributed by atoms with E-state index in [9.17, 15) is 9.18 Å². The van der Waals surface area contributed by atoms with Crippen LogP contribution in [0.15, 0.2) is 24.3 Å². The van der Waals surface area contributed by atoms with Crippen molar-refractivity contribution in [3.8, 4) is 0 Å². The Labute approximate surface area is 110 Å². The summed E-state index contributed by atoms with van der Waals surface area (Å²) in [6.45, 7) is 0.711. The number of hydrogen-bond acceptors (Lipinski definition) is 1. The van der Waals surface area contributed by atoms with Gasteiger partial charge in [-0.3, -0.25) is 4.79 Å². The van der Waals surface area contributed by atoms with Crippen molar-refractivity contribution in [1.29, 1.82) is 0 Å². The highest BCUT2D eigenvalue weighted by molar-refractivity contribution is 9.09. The van der Waals surface area contributed by atoms with E-state index in [1.165, 1.54) is 12.1 Å². The smallest absolute Gasteiger partial charge is 0.253 e. The van der Waals surface area contributed by atoms with Crippen LogP contribution in [0, 0.1) is 5.82 Å². The topological polar surface area (TPSA) is 20.3 Å². The number of halogens is 2. The van der Waals surface area contributed by atoms with Gasteiger partial charge in [0.1, 0.15) is 5.82 Å². The summed E-state index contributed by atoms with van der Waals surface area (Å²) in [5.41, 5.74) is 0.410. The maximum absolute atomic E-state index is 13.0. The Morgan fingerprint density at radius 1 is 1.35 bits per heavy atom. The number of benzene rings is 1. The number of carbonyl (C=O) groups is 1. The number of carbonyl (C=O) groups excluding carboxylic acids is 1. The van der Waals surface area contributed by atoms with Crippen molar-refractivity contribution in [2.45, 2.75) is 19.3 Å². The standard InChI is InChI=1S/C13H17BrFNO/c1-16(9-4-2-3-8-14)13(17)11-6-5-7-12(15)10-11/h5-7,10H,2-4,8-9H2,1H3. The van der Waals surface area contributed by atoms with Crippen LogP contribution in [-0.4, -0.2) is 29.7 Å². The van der Waals surface area contributed by atoms with Gasteiger partial charge in [-0.25, -0.2) is 4.39 Å². The molecule has 0 atom stereocenters. The molecular weight excluding hydrogens is 285 g/mol. The lowest BCUT2D eigenvalue weighted by Gasteiger charge is -2.17. The van der Waals surface area contributed by atoms with E-state index in [0.717, 1.165) is 24.6 Å². The molecule has 2 nitrogen and oxygen atoms in total. The predicted molar refractivity (Wildman–Crippen MR) is 71.0 cm³/mol. The second-order valence-corrected chi connectivity index (χ2v) is 4.78. The zero-order chi connectivity index (χ0) is 12.7. The molecule has 0 saturated carbocycles. The van der Waals surface area contributed by atoms with Crippen LogP contribution in [0.3, 0.4) is 0 Å². The van der Waals surface area contributed by atoms with Gasteiger partial charge in [0.2, 0.25) is 0 Å². The van der Waals surface area contributed by atoms with E-state index in [2.05, 4.69) is 15.9 Å². The van der Waals surface area contributed by atoms with E-state index < -0.39 is 0 Å².